The van der Waals surface area contributed by atoms with Crippen molar-refractivity contribution in [1.29, 1.82) is 0 Å². The molecule has 3 rings (SSSR count). The fraction of sp³-hybridized carbons (Fsp3) is 0. The molecule has 0 fully saturated rings. The summed E-state index contributed by atoms with van der Waals surface area (Å²) in [5.74, 6) is -0.0168. The van der Waals surface area contributed by atoms with Gasteiger partial charge in [-0.3, -0.25) is 4.79 Å². The minimum absolute atomic E-state index is 0.273. The lowest BCUT2D eigenvalue weighted by Gasteiger charge is -1.99. The summed E-state index contributed by atoms with van der Waals surface area (Å²) in [6.45, 7) is 0. The second-order valence-electron chi connectivity index (χ2n) is 3.58. The lowest BCUT2D eigenvalue weighted by atomic mass is 10.2. The number of carbonyl (C=O) groups excluding carboxylic acids is 1. The van der Waals surface area contributed by atoms with Crippen LogP contribution in [-0.2, 0) is 0 Å². The molecule has 0 bridgehead atoms. The van der Waals surface area contributed by atoms with Gasteiger partial charge in [0.25, 0.3) is 5.91 Å². The van der Waals surface area contributed by atoms with Crippen LogP contribution in [0.25, 0.3) is 11.0 Å². The molecule has 4 heteroatoms. The third-order valence-corrected chi connectivity index (χ3v) is 2.47. The third kappa shape index (κ3) is 1.69. The van der Waals surface area contributed by atoms with Crippen LogP contribution in [0.2, 0.25) is 0 Å². The standard InChI is InChI=1S/C13H9NO3/c15-13(12-6-3-7-16-12)14-10-8-17-11-5-2-1-4-9(10)11/h1-8H,(H,14,15). The van der Waals surface area contributed by atoms with E-state index in [1.807, 2.05) is 24.3 Å². The summed E-state index contributed by atoms with van der Waals surface area (Å²) < 4.78 is 10.3. The fourth-order valence-electron chi connectivity index (χ4n) is 1.67. The molecule has 0 aliphatic heterocycles. The van der Waals surface area contributed by atoms with Gasteiger partial charge in [0.1, 0.15) is 11.8 Å². The maximum atomic E-state index is 11.8. The van der Waals surface area contributed by atoms with Crippen molar-refractivity contribution < 1.29 is 13.6 Å². The van der Waals surface area contributed by atoms with Crippen LogP contribution >= 0.6 is 0 Å². The number of hydrogen-bond acceptors (Lipinski definition) is 3. The maximum Gasteiger partial charge on any atom is 0.291 e. The molecule has 0 saturated heterocycles. The summed E-state index contributed by atoms with van der Waals surface area (Å²) in [5.41, 5.74) is 1.38. The van der Waals surface area contributed by atoms with E-state index in [4.69, 9.17) is 8.83 Å². The lowest BCUT2D eigenvalue weighted by molar-refractivity contribution is 0.0996. The van der Waals surface area contributed by atoms with Crippen molar-refractivity contribution in [2.75, 3.05) is 5.32 Å². The second kappa shape index (κ2) is 3.83. The van der Waals surface area contributed by atoms with Gasteiger partial charge in [0.05, 0.1) is 12.0 Å². The molecule has 0 radical (unpaired) electrons. The first kappa shape index (κ1) is 9.72. The van der Waals surface area contributed by atoms with E-state index in [9.17, 15) is 4.79 Å². The van der Waals surface area contributed by atoms with E-state index in [2.05, 4.69) is 5.32 Å². The highest BCUT2D eigenvalue weighted by molar-refractivity contribution is 6.07. The number of carbonyl (C=O) groups is 1. The molecule has 1 aromatic carbocycles. The summed E-state index contributed by atoms with van der Waals surface area (Å²) in [7, 11) is 0. The number of furan rings is 2. The molecule has 0 saturated carbocycles. The predicted molar refractivity (Wildman–Crippen MR) is 62.9 cm³/mol. The number of amides is 1. The Kier molecular flexibility index (Phi) is 2.19. The average Bonchev–Trinajstić information content (AvgIpc) is 2.98. The molecule has 84 valence electrons. The van der Waals surface area contributed by atoms with Crippen molar-refractivity contribution in [1.82, 2.24) is 0 Å². The van der Waals surface area contributed by atoms with E-state index in [0.29, 0.717) is 5.69 Å². The highest BCUT2D eigenvalue weighted by Gasteiger charge is 2.12. The van der Waals surface area contributed by atoms with Crippen LogP contribution in [0.4, 0.5) is 5.69 Å². The van der Waals surface area contributed by atoms with Crippen molar-refractivity contribution in [3.05, 3.63) is 54.7 Å². The number of para-hydroxylation sites is 1. The largest absolute Gasteiger partial charge is 0.462 e. The smallest absolute Gasteiger partial charge is 0.291 e. The molecular weight excluding hydrogens is 218 g/mol. The summed E-state index contributed by atoms with van der Waals surface area (Å²) in [6, 6.07) is 10.8. The first-order valence-electron chi connectivity index (χ1n) is 5.16. The van der Waals surface area contributed by atoms with Crippen LogP contribution in [0.1, 0.15) is 10.6 Å². The van der Waals surface area contributed by atoms with Gasteiger partial charge < -0.3 is 14.2 Å². The van der Waals surface area contributed by atoms with Crippen molar-refractivity contribution in [2.24, 2.45) is 0 Å². The highest BCUT2D eigenvalue weighted by Crippen LogP contribution is 2.25. The molecular formula is C13H9NO3. The molecule has 17 heavy (non-hydrogen) atoms. The molecule has 0 aliphatic rings. The van der Waals surface area contributed by atoms with Crippen molar-refractivity contribution in [2.45, 2.75) is 0 Å². The molecule has 0 atom stereocenters. The minimum Gasteiger partial charge on any atom is -0.462 e. The molecule has 0 unspecified atom stereocenters. The monoisotopic (exact) mass is 227 g/mol. The molecule has 2 aromatic heterocycles. The Hall–Kier alpha value is -2.49. The van der Waals surface area contributed by atoms with Gasteiger partial charge in [-0.15, -0.1) is 0 Å². The fourth-order valence-corrected chi connectivity index (χ4v) is 1.67. The van der Waals surface area contributed by atoms with Crippen LogP contribution < -0.4 is 5.32 Å². The number of nitrogens with one attached hydrogen (secondary N) is 1. The average molecular weight is 227 g/mol. The summed E-state index contributed by atoms with van der Waals surface area (Å²) in [6.07, 6.45) is 2.98. The van der Waals surface area contributed by atoms with Crippen LogP contribution in [0.3, 0.4) is 0 Å². The summed E-state index contributed by atoms with van der Waals surface area (Å²) >= 11 is 0. The number of anilines is 1. The zero-order chi connectivity index (χ0) is 11.7. The highest BCUT2D eigenvalue weighted by atomic mass is 16.3. The Morgan fingerprint density at radius 3 is 2.76 bits per heavy atom. The zero-order valence-corrected chi connectivity index (χ0v) is 8.84. The molecule has 3 aromatic rings. The Morgan fingerprint density at radius 1 is 1.06 bits per heavy atom. The van der Waals surface area contributed by atoms with Gasteiger partial charge in [-0.25, -0.2) is 0 Å². The van der Waals surface area contributed by atoms with Gasteiger partial charge in [-0.2, -0.15) is 0 Å². The Bertz CT molecular complexity index is 652. The van der Waals surface area contributed by atoms with E-state index in [1.165, 1.54) is 12.5 Å². The van der Waals surface area contributed by atoms with Gasteiger partial charge in [0, 0.05) is 5.39 Å². The van der Waals surface area contributed by atoms with Gasteiger partial charge >= 0.3 is 0 Å². The Morgan fingerprint density at radius 2 is 1.94 bits per heavy atom. The van der Waals surface area contributed by atoms with E-state index in [0.717, 1.165) is 11.0 Å². The van der Waals surface area contributed by atoms with Crippen LogP contribution in [0, 0.1) is 0 Å². The van der Waals surface area contributed by atoms with Crippen LogP contribution in [-0.4, -0.2) is 5.91 Å². The third-order valence-electron chi connectivity index (χ3n) is 2.47. The number of benzene rings is 1. The Labute approximate surface area is 96.8 Å². The van der Waals surface area contributed by atoms with E-state index < -0.39 is 0 Å². The molecule has 1 N–H and O–H groups in total. The number of rotatable bonds is 2. The van der Waals surface area contributed by atoms with E-state index in [-0.39, 0.29) is 11.7 Å². The molecule has 0 spiro atoms. The first-order chi connectivity index (χ1) is 8.34. The van der Waals surface area contributed by atoms with Crippen LogP contribution in [0.15, 0.2) is 57.8 Å². The summed E-state index contributed by atoms with van der Waals surface area (Å²) in [5, 5.41) is 3.61. The first-order valence-corrected chi connectivity index (χ1v) is 5.16. The predicted octanol–water partition coefficient (Wildman–Crippen LogP) is 3.28. The van der Waals surface area contributed by atoms with E-state index >= 15 is 0 Å². The molecule has 4 nitrogen and oxygen atoms in total. The summed E-state index contributed by atoms with van der Waals surface area (Å²) in [4.78, 5) is 11.8. The van der Waals surface area contributed by atoms with Crippen molar-refractivity contribution in [3.63, 3.8) is 0 Å². The van der Waals surface area contributed by atoms with Gasteiger partial charge in [0.2, 0.25) is 0 Å². The second-order valence-corrected chi connectivity index (χ2v) is 3.58. The lowest BCUT2D eigenvalue weighted by Crippen LogP contribution is -2.10. The van der Waals surface area contributed by atoms with Crippen molar-refractivity contribution in [3.8, 4) is 0 Å². The van der Waals surface area contributed by atoms with E-state index in [1.54, 1.807) is 12.1 Å². The topological polar surface area (TPSA) is 55.4 Å². The minimum atomic E-state index is -0.290. The molecule has 0 aliphatic carbocycles. The number of fused-ring (bicyclic) bond motifs is 1. The van der Waals surface area contributed by atoms with Crippen LogP contribution in [0.5, 0.6) is 0 Å². The SMILES string of the molecule is O=C(Nc1coc2ccccc12)c1ccco1. The van der Waals surface area contributed by atoms with Crippen molar-refractivity contribution >= 4 is 22.6 Å². The maximum absolute atomic E-state index is 11.8. The normalized spacial score (nSPS) is 10.6. The van der Waals surface area contributed by atoms with Gasteiger partial charge in [-0.05, 0) is 24.3 Å². The quantitative estimate of drug-likeness (QED) is 0.730. The number of hydrogen-bond donors (Lipinski definition) is 1. The molecule has 1 amide bonds. The zero-order valence-electron chi connectivity index (χ0n) is 8.84. The molecule has 2 heterocycles. The van der Waals surface area contributed by atoms with Gasteiger partial charge in [0.15, 0.2) is 5.76 Å². The Balaban J connectivity index is 1.93. The van der Waals surface area contributed by atoms with Gasteiger partial charge in [-0.1, -0.05) is 12.1 Å².